The summed E-state index contributed by atoms with van der Waals surface area (Å²) in [6.45, 7) is 7.73. The Kier molecular flexibility index (Phi) is 6.22. The summed E-state index contributed by atoms with van der Waals surface area (Å²) in [5, 5.41) is 9.22. The van der Waals surface area contributed by atoms with Crippen molar-refractivity contribution in [2.45, 2.75) is 20.3 Å². The van der Waals surface area contributed by atoms with Crippen molar-refractivity contribution >= 4 is 11.8 Å². The number of benzene rings is 1. The molecular weight excluding hydrogens is 228 g/mol. The van der Waals surface area contributed by atoms with Crippen molar-refractivity contribution in [1.29, 1.82) is 0 Å². The van der Waals surface area contributed by atoms with Crippen LogP contribution in [0, 0.1) is 0 Å². The smallest absolute Gasteiger partial charge is 0.411 e. The van der Waals surface area contributed by atoms with Gasteiger partial charge in [-0.2, -0.15) is 0 Å². The van der Waals surface area contributed by atoms with Crippen LogP contribution in [0.4, 0.5) is 10.5 Å². The second-order valence-corrected chi connectivity index (χ2v) is 4.15. The molecule has 0 aromatic heterocycles. The lowest BCUT2D eigenvalue weighted by molar-refractivity contribution is 0.201. The highest BCUT2D eigenvalue weighted by atomic mass is 16.4. The van der Waals surface area contributed by atoms with Gasteiger partial charge in [0.15, 0.2) is 0 Å². The van der Waals surface area contributed by atoms with Crippen LogP contribution in [-0.2, 0) is 0 Å². The first-order chi connectivity index (χ1) is 8.69. The molecule has 0 bridgehead atoms. The molecule has 4 heteroatoms. The molecule has 0 saturated carbocycles. The number of hydrogen-bond acceptors (Lipinski definition) is 2. The monoisotopic (exact) mass is 250 g/mol. The minimum Gasteiger partial charge on any atom is -0.465 e. The molecule has 18 heavy (non-hydrogen) atoms. The molecule has 0 fully saturated rings. The third-order valence-corrected chi connectivity index (χ3v) is 3.05. The van der Waals surface area contributed by atoms with Crippen molar-refractivity contribution < 1.29 is 9.90 Å². The van der Waals surface area contributed by atoms with E-state index >= 15 is 0 Å². The van der Waals surface area contributed by atoms with Gasteiger partial charge in [0.05, 0.1) is 0 Å². The van der Waals surface area contributed by atoms with E-state index in [4.69, 9.17) is 0 Å². The molecule has 0 saturated heterocycles. The van der Waals surface area contributed by atoms with E-state index in [2.05, 4.69) is 18.7 Å². The Hall–Kier alpha value is -1.55. The second kappa shape index (κ2) is 7.71. The van der Waals surface area contributed by atoms with Gasteiger partial charge < -0.3 is 10.0 Å². The Morgan fingerprint density at radius 1 is 1.11 bits per heavy atom. The van der Waals surface area contributed by atoms with Crippen LogP contribution in [0.2, 0.25) is 0 Å². The third-order valence-electron chi connectivity index (χ3n) is 3.05. The van der Waals surface area contributed by atoms with Crippen LogP contribution in [0.25, 0.3) is 0 Å². The summed E-state index contributed by atoms with van der Waals surface area (Å²) in [6.07, 6.45) is -0.0381. The molecule has 0 unspecified atom stereocenters. The molecule has 0 atom stereocenters. The van der Waals surface area contributed by atoms with Crippen molar-refractivity contribution in [3.05, 3.63) is 30.3 Å². The normalized spacial score (nSPS) is 10.6. The fourth-order valence-electron chi connectivity index (χ4n) is 1.94. The van der Waals surface area contributed by atoms with Gasteiger partial charge in [-0.05, 0) is 38.2 Å². The van der Waals surface area contributed by atoms with E-state index in [0.717, 1.165) is 31.7 Å². The van der Waals surface area contributed by atoms with Gasteiger partial charge in [0.1, 0.15) is 0 Å². The van der Waals surface area contributed by atoms with Crippen molar-refractivity contribution in [2.24, 2.45) is 0 Å². The molecule has 0 aliphatic rings. The van der Waals surface area contributed by atoms with Crippen LogP contribution < -0.4 is 4.90 Å². The van der Waals surface area contributed by atoms with Crippen LogP contribution in [0.5, 0.6) is 0 Å². The number of carbonyl (C=O) groups is 1. The van der Waals surface area contributed by atoms with Crippen LogP contribution >= 0.6 is 0 Å². The Morgan fingerprint density at radius 3 is 2.22 bits per heavy atom. The van der Waals surface area contributed by atoms with Crippen molar-refractivity contribution in [3.63, 3.8) is 0 Å². The Labute approximate surface area is 109 Å². The highest BCUT2D eigenvalue weighted by Crippen LogP contribution is 2.13. The number of amides is 1. The zero-order chi connectivity index (χ0) is 13.4. The summed E-state index contributed by atoms with van der Waals surface area (Å²) >= 11 is 0. The van der Waals surface area contributed by atoms with E-state index in [1.165, 1.54) is 4.90 Å². The van der Waals surface area contributed by atoms with Gasteiger partial charge in [-0.3, -0.25) is 4.90 Å². The molecule has 1 rings (SSSR count). The standard InChI is InChI=1S/C14H22N2O2/c1-3-15(4-2)11-8-12-16(14(17)18)13-9-6-5-7-10-13/h5-7,9-10H,3-4,8,11-12H2,1-2H3,(H,17,18). The number of hydrogen-bond donors (Lipinski definition) is 1. The van der Waals surface area contributed by atoms with Crippen LogP contribution in [0.1, 0.15) is 20.3 Å². The second-order valence-electron chi connectivity index (χ2n) is 4.15. The molecule has 1 aromatic carbocycles. The van der Waals surface area contributed by atoms with Crippen molar-refractivity contribution in [3.8, 4) is 0 Å². The Bertz CT molecular complexity index is 350. The summed E-state index contributed by atoms with van der Waals surface area (Å²) in [5.74, 6) is 0. The Morgan fingerprint density at radius 2 is 1.72 bits per heavy atom. The van der Waals surface area contributed by atoms with Crippen molar-refractivity contribution in [1.82, 2.24) is 4.90 Å². The quantitative estimate of drug-likeness (QED) is 0.809. The zero-order valence-corrected chi connectivity index (χ0v) is 11.2. The summed E-state index contributed by atoms with van der Waals surface area (Å²) in [4.78, 5) is 14.9. The first-order valence-corrected chi connectivity index (χ1v) is 6.46. The minimum atomic E-state index is -0.888. The van der Waals surface area contributed by atoms with Gasteiger partial charge in [-0.15, -0.1) is 0 Å². The maximum absolute atomic E-state index is 11.2. The fourth-order valence-corrected chi connectivity index (χ4v) is 1.94. The maximum Gasteiger partial charge on any atom is 0.411 e. The van der Waals surface area contributed by atoms with E-state index in [1.807, 2.05) is 30.3 Å². The minimum absolute atomic E-state index is 0.538. The SMILES string of the molecule is CCN(CC)CCCN(C(=O)O)c1ccccc1. The molecule has 0 heterocycles. The van der Waals surface area contributed by atoms with Gasteiger partial charge in [0.2, 0.25) is 0 Å². The number of rotatable bonds is 7. The lowest BCUT2D eigenvalue weighted by Gasteiger charge is -2.22. The highest BCUT2D eigenvalue weighted by molar-refractivity contribution is 5.85. The topological polar surface area (TPSA) is 43.8 Å². The van der Waals surface area contributed by atoms with Crippen molar-refractivity contribution in [2.75, 3.05) is 31.1 Å². The van der Waals surface area contributed by atoms with E-state index in [0.29, 0.717) is 6.54 Å². The molecule has 100 valence electrons. The number of anilines is 1. The van der Waals surface area contributed by atoms with Crippen LogP contribution in [0.15, 0.2) is 30.3 Å². The van der Waals surface area contributed by atoms with Gasteiger partial charge in [0, 0.05) is 12.2 Å². The van der Waals surface area contributed by atoms with Crippen LogP contribution in [0.3, 0.4) is 0 Å². The zero-order valence-electron chi connectivity index (χ0n) is 11.2. The molecule has 0 radical (unpaired) electrons. The van der Waals surface area contributed by atoms with E-state index < -0.39 is 6.09 Å². The first-order valence-electron chi connectivity index (χ1n) is 6.46. The average Bonchev–Trinajstić information content (AvgIpc) is 2.39. The first kappa shape index (κ1) is 14.5. The van der Waals surface area contributed by atoms with Gasteiger partial charge >= 0.3 is 6.09 Å². The largest absolute Gasteiger partial charge is 0.465 e. The number of carboxylic acid groups (broad SMARTS) is 1. The van der Waals surface area contributed by atoms with Crippen LogP contribution in [-0.4, -0.2) is 42.3 Å². The molecule has 0 aliphatic heterocycles. The summed E-state index contributed by atoms with van der Waals surface area (Å²) in [5.41, 5.74) is 0.740. The molecule has 0 aliphatic carbocycles. The lowest BCUT2D eigenvalue weighted by Crippen LogP contribution is -2.33. The summed E-state index contributed by atoms with van der Waals surface area (Å²) < 4.78 is 0. The maximum atomic E-state index is 11.2. The van der Waals surface area contributed by atoms with E-state index in [-0.39, 0.29) is 0 Å². The van der Waals surface area contributed by atoms with Gasteiger partial charge in [-0.1, -0.05) is 32.0 Å². The lowest BCUT2D eigenvalue weighted by atomic mass is 10.2. The molecular formula is C14H22N2O2. The highest BCUT2D eigenvalue weighted by Gasteiger charge is 2.13. The van der Waals surface area contributed by atoms with Gasteiger partial charge in [0.25, 0.3) is 0 Å². The predicted octanol–water partition coefficient (Wildman–Crippen LogP) is 2.90. The molecule has 4 nitrogen and oxygen atoms in total. The van der Waals surface area contributed by atoms with Gasteiger partial charge in [-0.25, -0.2) is 4.79 Å². The fraction of sp³-hybridized carbons (Fsp3) is 0.500. The Balaban J connectivity index is 2.52. The molecule has 1 aromatic rings. The summed E-state index contributed by atoms with van der Waals surface area (Å²) in [6, 6.07) is 9.25. The average molecular weight is 250 g/mol. The predicted molar refractivity (Wildman–Crippen MR) is 74.2 cm³/mol. The molecule has 0 spiro atoms. The van der Waals surface area contributed by atoms with E-state index in [9.17, 15) is 9.90 Å². The number of para-hydroxylation sites is 1. The van der Waals surface area contributed by atoms with E-state index in [1.54, 1.807) is 0 Å². The summed E-state index contributed by atoms with van der Waals surface area (Å²) in [7, 11) is 0. The molecule has 1 amide bonds. The number of nitrogens with zero attached hydrogens (tertiary/aromatic N) is 2. The molecule has 1 N–H and O–H groups in total. The third kappa shape index (κ3) is 4.37.